The lowest BCUT2D eigenvalue weighted by Gasteiger charge is -2.38. The third-order valence-corrected chi connectivity index (χ3v) is 5.53. The topological polar surface area (TPSA) is 91.0 Å². The van der Waals surface area contributed by atoms with Crippen LogP contribution in [-0.4, -0.2) is 38.2 Å². The number of nitrogens with zero attached hydrogens (tertiary/aromatic N) is 3. The highest BCUT2D eigenvalue weighted by Gasteiger charge is 2.40. The smallest absolute Gasteiger partial charge is 0.231 e. The number of rotatable bonds is 2. The molecule has 7 nitrogen and oxygen atoms in total. The van der Waals surface area contributed by atoms with Crippen LogP contribution in [0.2, 0.25) is 0 Å². The van der Waals surface area contributed by atoms with Crippen molar-refractivity contribution < 1.29 is 14.0 Å². The Labute approximate surface area is 166 Å². The van der Waals surface area contributed by atoms with Crippen molar-refractivity contribution in [2.45, 2.75) is 24.8 Å². The predicted molar refractivity (Wildman–Crippen MR) is 102 cm³/mol. The second kappa shape index (κ2) is 6.80. The largest absolute Gasteiger partial charge is 0.348 e. The molecule has 0 bridgehead atoms. The summed E-state index contributed by atoms with van der Waals surface area (Å²) in [5.74, 6) is -1.67. The minimum atomic E-state index is -0.749. The zero-order valence-electron chi connectivity index (χ0n) is 15.4. The molecule has 29 heavy (non-hydrogen) atoms. The van der Waals surface area contributed by atoms with Gasteiger partial charge in [-0.1, -0.05) is 6.07 Å². The average Bonchev–Trinajstić information content (AvgIpc) is 3.22. The monoisotopic (exact) mass is 391 g/mol. The van der Waals surface area contributed by atoms with E-state index in [4.69, 9.17) is 0 Å². The van der Waals surface area contributed by atoms with Gasteiger partial charge < -0.3 is 15.2 Å². The third-order valence-electron chi connectivity index (χ3n) is 5.53. The summed E-state index contributed by atoms with van der Waals surface area (Å²) in [6, 6.07) is 9.19. The molecular formula is C21H18FN5O2. The van der Waals surface area contributed by atoms with Gasteiger partial charge in [-0.15, -0.1) is 0 Å². The zero-order valence-corrected chi connectivity index (χ0v) is 15.4. The lowest BCUT2D eigenvalue weighted by Crippen LogP contribution is -2.45. The van der Waals surface area contributed by atoms with Gasteiger partial charge in [0.25, 0.3) is 0 Å². The van der Waals surface area contributed by atoms with Gasteiger partial charge in [0.05, 0.1) is 23.6 Å². The first-order chi connectivity index (χ1) is 14.1. The van der Waals surface area contributed by atoms with E-state index in [1.54, 1.807) is 17.4 Å². The number of anilines is 1. The van der Waals surface area contributed by atoms with Crippen molar-refractivity contribution in [3.05, 3.63) is 77.4 Å². The van der Waals surface area contributed by atoms with E-state index < -0.39 is 17.8 Å². The summed E-state index contributed by atoms with van der Waals surface area (Å²) in [5.41, 5.74) is 3.41. The van der Waals surface area contributed by atoms with Gasteiger partial charge in [0.1, 0.15) is 11.9 Å². The number of imidazole rings is 1. The Morgan fingerprint density at radius 1 is 1.21 bits per heavy atom. The molecule has 1 aromatic carbocycles. The van der Waals surface area contributed by atoms with E-state index in [0.29, 0.717) is 29.9 Å². The lowest BCUT2D eigenvalue weighted by atomic mass is 9.87. The van der Waals surface area contributed by atoms with E-state index in [1.807, 2.05) is 18.2 Å². The SMILES string of the molecule is O=C1CC(C(=O)N2CCc3[nH]cnc3C2c2ccccn2)c2cc(F)ccc2N1. The van der Waals surface area contributed by atoms with Crippen LogP contribution in [0.3, 0.4) is 0 Å². The number of H-pyrrole nitrogens is 1. The van der Waals surface area contributed by atoms with Crippen molar-refractivity contribution in [2.24, 2.45) is 0 Å². The van der Waals surface area contributed by atoms with Gasteiger partial charge in [-0.25, -0.2) is 9.37 Å². The fourth-order valence-corrected chi connectivity index (χ4v) is 4.20. The Morgan fingerprint density at radius 3 is 2.93 bits per heavy atom. The Hall–Kier alpha value is -3.55. The van der Waals surface area contributed by atoms with Crippen LogP contribution in [0.15, 0.2) is 48.9 Å². The van der Waals surface area contributed by atoms with Gasteiger partial charge in [-0.05, 0) is 35.9 Å². The molecule has 8 heteroatoms. The summed E-state index contributed by atoms with van der Waals surface area (Å²) < 4.78 is 13.9. The molecule has 5 rings (SSSR count). The number of hydrogen-bond donors (Lipinski definition) is 2. The molecule has 2 aliphatic rings. The minimum absolute atomic E-state index is 0.0197. The number of carbonyl (C=O) groups excluding carboxylic acids is 2. The molecule has 0 fully saturated rings. The first-order valence-electron chi connectivity index (χ1n) is 9.44. The number of nitrogens with one attached hydrogen (secondary N) is 2. The molecule has 0 aliphatic carbocycles. The average molecular weight is 391 g/mol. The summed E-state index contributed by atoms with van der Waals surface area (Å²) in [7, 11) is 0. The molecule has 0 saturated heterocycles. The van der Waals surface area contributed by atoms with Gasteiger partial charge in [0.15, 0.2) is 0 Å². The number of pyridine rings is 1. The van der Waals surface area contributed by atoms with Crippen molar-refractivity contribution in [2.75, 3.05) is 11.9 Å². The zero-order chi connectivity index (χ0) is 20.0. The first-order valence-corrected chi connectivity index (χ1v) is 9.44. The number of hydrogen-bond acceptors (Lipinski definition) is 4. The van der Waals surface area contributed by atoms with Gasteiger partial charge >= 0.3 is 0 Å². The van der Waals surface area contributed by atoms with Gasteiger partial charge in [0.2, 0.25) is 11.8 Å². The molecule has 2 aromatic heterocycles. The van der Waals surface area contributed by atoms with Gasteiger partial charge in [-0.2, -0.15) is 0 Å². The Morgan fingerprint density at radius 2 is 2.10 bits per heavy atom. The molecule has 146 valence electrons. The molecule has 4 heterocycles. The number of halogens is 1. The Kier molecular flexibility index (Phi) is 4.12. The lowest BCUT2D eigenvalue weighted by molar-refractivity contribution is -0.137. The van der Waals surface area contributed by atoms with E-state index in [9.17, 15) is 14.0 Å². The van der Waals surface area contributed by atoms with Gasteiger partial charge in [-0.3, -0.25) is 14.6 Å². The number of aromatic amines is 1. The molecule has 0 spiro atoms. The molecule has 2 atom stereocenters. The second-order valence-corrected chi connectivity index (χ2v) is 7.24. The van der Waals surface area contributed by atoms with Crippen molar-refractivity contribution in [3.8, 4) is 0 Å². The van der Waals surface area contributed by atoms with Crippen LogP contribution in [0.1, 0.15) is 41.0 Å². The summed E-state index contributed by atoms with van der Waals surface area (Å²) in [5, 5.41) is 2.72. The summed E-state index contributed by atoms with van der Waals surface area (Å²) >= 11 is 0. The fourth-order valence-electron chi connectivity index (χ4n) is 4.20. The normalized spacial score (nSPS) is 20.6. The Balaban J connectivity index is 1.57. The molecule has 0 saturated carbocycles. The summed E-state index contributed by atoms with van der Waals surface area (Å²) in [4.78, 5) is 39.6. The molecule has 2 unspecified atom stereocenters. The van der Waals surface area contributed by atoms with E-state index >= 15 is 0 Å². The summed E-state index contributed by atoms with van der Waals surface area (Å²) in [6.07, 6.45) is 3.90. The number of fused-ring (bicyclic) bond motifs is 2. The van der Waals surface area contributed by atoms with Crippen LogP contribution in [-0.2, 0) is 16.0 Å². The van der Waals surface area contributed by atoms with Crippen LogP contribution in [0, 0.1) is 5.82 Å². The fraction of sp³-hybridized carbons (Fsp3) is 0.238. The maximum Gasteiger partial charge on any atom is 0.231 e. The molecule has 2 N–H and O–H groups in total. The summed E-state index contributed by atoms with van der Waals surface area (Å²) in [6.45, 7) is 0.456. The van der Waals surface area contributed by atoms with Gasteiger partial charge in [0, 0.05) is 37.0 Å². The van der Waals surface area contributed by atoms with Crippen molar-refractivity contribution >= 4 is 17.5 Å². The number of aromatic nitrogens is 3. The maximum atomic E-state index is 13.9. The number of carbonyl (C=O) groups is 2. The van der Waals surface area contributed by atoms with E-state index in [-0.39, 0.29) is 18.2 Å². The van der Waals surface area contributed by atoms with Crippen molar-refractivity contribution in [3.63, 3.8) is 0 Å². The third kappa shape index (κ3) is 2.97. The Bertz CT molecular complexity index is 1100. The van der Waals surface area contributed by atoms with E-state index in [1.165, 1.54) is 18.2 Å². The first kappa shape index (κ1) is 17.5. The van der Waals surface area contributed by atoms with Crippen LogP contribution in [0.25, 0.3) is 0 Å². The molecule has 2 aliphatic heterocycles. The predicted octanol–water partition coefficient (Wildman–Crippen LogP) is 2.54. The molecular weight excluding hydrogens is 373 g/mol. The van der Waals surface area contributed by atoms with E-state index in [0.717, 1.165) is 11.4 Å². The number of amides is 2. The second-order valence-electron chi connectivity index (χ2n) is 7.24. The van der Waals surface area contributed by atoms with Crippen LogP contribution in [0.5, 0.6) is 0 Å². The molecule has 2 amide bonds. The van der Waals surface area contributed by atoms with Crippen LogP contribution in [0.4, 0.5) is 10.1 Å². The van der Waals surface area contributed by atoms with E-state index in [2.05, 4.69) is 20.3 Å². The van der Waals surface area contributed by atoms with Crippen molar-refractivity contribution in [1.29, 1.82) is 0 Å². The minimum Gasteiger partial charge on any atom is -0.348 e. The van der Waals surface area contributed by atoms with Crippen molar-refractivity contribution in [1.82, 2.24) is 19.9 Å². The quantitative estimate of drug-likeness (QED) is 0.702. The van der Waals surface area contributed by atoms with Crippen LogP contribution >= 0.6 is 0 Å². The maximum absolute atomic E-state index is 13.9. The highest BCUT2D eigenvalue weighted by molar-refractivity contribution is 6.01. The standard InChI is InChI=1S/C21H18FN5O2/c22-12-4-5-15-13(9-12)14(10-18(28)26-15)21(29)27-8-6-16-19(25-11-24-16)20(27)17-3-1-2-7-23-17/h1-5,7,9,11,14,20H,6,8,10H2,(H,24,25)(H,26,28). The highest BCUT2D eigenvalue weighted by Crippen LogP contribution is 2.39. The molecule has 0 radical (unpaired) electrons. The number of benzene rings is 1. The van der Waals surface area contributed by atoms with Crippen LogP contribution < -0.4 is 5.32 Å². The highest BCUT2D eigenvalue weighted by atomic mass is 19.1. The molecule has 3 aromatic rings.